The monoisotopic (exact) mass is 1170 g/mol. The topological polar surface area (TPSA) is 35.9 Å². The number of imidazole rings is 1. The van der Waals surface area contributed by atoms with E-state index in [1.807, 2.05) is 24.4 Å². The molecule has 0 saturated heterocycles. The Morgan fingerprint density at radius 3 is 1.85 bits per heavy atom. The standard InChI is InChI=1S/C58H54Ge2N4O.Pt/c1-58(2,3)42-32-33-61-56(36-42)64-52-27-11-10-24-50(52)51-31-30-47(38-55(51)64)65-46-23-16-22-45(37-46)62-39-63(54-29-13-12-28-53(54)62)57-48(40-18-14-20-43(34-40)59(4,5)6)25-17-26-49(57)41-19-15-21-44(35-41)60(7,8)9;/h10-36H,1-9H3;/q-2;. The van der Waals surface area contributed by atoms with Crippen molar-refractivity contribution in [1.29, 1.82) is 0 Å². The summed E-state index contributed by atoms with van der Waals surface area (Å²) in [5, 5.41) is 2.23. The molecule has 10 rings (SSSR count). The summed E-state index contributed by atoms with van der Waals surface area (Å²) in [5.74, 6) is 16.8. The smallest absolute Gasteiger partial charge is 0.159 e. The van der Waals surface area contributed by atoms with Crippen molar-refractivity contribution in [2.45, 2.75) is 60.7 Å². The molecule has 7 aromatic carbocycles. The van der Waals surface area contributed by atoms with Gasteiger partial charge in [-0.05, 0) is 34.6 Å². The molecule has 0 radical (unpaired) electrons. The fourth-order valence-electron chi connectivity index (χ4n) is 8.88. The van der Waals surface area contributed by atoms with Gasteiger partial charge in [0, 0.05) is 38.5 Å². The van der Waals surface area contributed by atoms with Crippen LogP contribution in [0.25, 0.3) is 72.3 Å². The van der Waals surface area contributed by atoms with Gasteiger partial charge in [0.2, 0.25) is 0 Å². The van der Waals surface area contributed by atoms with Gasteiger partial charge >= 0.3 is 256 Å². The van der Waals surface area contributed by atoms with Crippen molar-refractivity contribution in [3.8, 4) is 50.9 Å². The van der Waals surface area contributed by atoms with Crippen LogP contribution in [0.3, 0.4) is 0 Å². The number of aromatic nitrogens is 4. The molecule has 5 nitrogen and oxygen atoms in total. The first-order valence-electron chi connectivity index (χ1n) is 22.5. The zero-order valence-electron chi connectivity index (χ0n) is 39.1. The molecule has 0 unspecified atom stereocenters. The van der Waals surface area contributed by atoms with Crippen LogP contribution >= 0.6 is 0 Å². The Kier molecular flexibility index (Phi) is 12.2. The maximum absolute atomic E-state index is 6.68. The molecular formula is C58H54Ge2N4OPt-2. The maximum atomic E-state index is 6.68. The van der Waals surface area contributed by atoms with Crippen LogP contribution in [-0.4, -0.2) is 40.7 Å². The van der Waals surface area contributed by atoms with Crippen molar-refractivity contribution < 1.29 is 30.4 Å². The van der Waals surface area contributed by atoms with Crippen LogP contribution in [-0.2, 0) is 26.5 Å². The molecule has 0 amide bonds. The van der Waals surface area contributed by atoms with Crippen LogP contribution < -0.4 is 18.1 Å². The van der Waals surface area contributed by atoms with Crippen molar-refractivity contribution in [2.75, 3.05) is 0 Å². The minimum absolute atomic E-state index is 0. The molecular weight excluding hydrogens is 1110 g/mol. The molecule has 10 aromatic rings. The van der Waals surface area contributed by atoms with E-state index in [1.54, 1.807) is 0 Å². The summed E-state index contributed by atoms with van der Waals surface area (Å²) in [6.45, 7) is 6.69. The average molecular weight is 1160 g/mol. The quantitative estimate of drug-likeness (QED) is 0.0820. The second-order valence-corrected chi connectivity index (χ2v) is 41.5. The molecule has 0 fully saturated rings. The predicted octanol–water partition coefficient (Wildman–Crippen LogP) is 13.3. The minimum Gasteiger partial charge on any atom is -0.159 e. The summed E-state index contributed by atoms with van der Waals surface area (Å²) < 4.78 is 16.2. The number of hydrogen-bond donors (Lipinski definition) is 0. The predicted molar refractivity (Wildman–Crippen MR) is 275 cm³/mol. The van der Waals surface area contributed by atoms with Gasteiger partial charge in [-0.15, -0.1) is 17.5 Å². The fraction of sp³-hybridized carbons (Fsp3) is 0.172. The number of benzene rings is 7. The molecule has 3 aromatic heterocycles. The van der Waals surface area contributed by atoms with Gasteiger partial charge < -0.3 is 4.57 Å². The zero-order valence-corrected chi connectivity index (χ0v) is 45.6. The van der Waals surface area contributed by atoms with Crippen LogP contribution in [0.15, 0.2) is 164 Å². The van der Waals surface area contributed by atoms with Crippen LogP contribution in [0.2, 0.25) is 34.5 Å². The average Bonchev–Trinajstić information content (AvgIpc) is 3.84. The second-order valence-electron chi connectivity index (χ2n) is 20.2. The number of para-hydroxylation sites is 4. The van der Waals surface area contributed by atoms with E-state index < -0.39 is 26.5 Å². The molecule has 0 aliphatic rings. The molecule has 0 aliphatic carbocycles. The Hall–Kier alpha value is -5.47. The van der Waals surface area contributed by atoms with Crippen LogP contribution in [0.4, 0.5) is 0 Å². The van der Waals surface area contributed by atoms with Crippen molar-refractivity contribution in [3.63, 3.8) is 0 Å². The molecule has 3 heterocycles. The molecule has 332 valence electrons. The Bertz CT molecular complexity index is 3360. The van der Waals surface area contributed by atoms with E-state index in [2.05, 4.69) is 227 Å². The normalized spacial score (nSPS) is 12.2. The summed E-state index contributed by atoms with van der Waals surface area (Å²) >= 11 is -4.32. The van der Waals surface area contributed by atoms with E-state index in [0.29, 0.717) is 11.5 Å². The van der Waals surface area contributed by atoms with E-state index in [1.165, 1.54) is 36.6 Å². The van der Waals surface area contributed by atoms with Crippen molar-refractivity contribution >= 4 is 68.2 Å². The van der Waals surface area contributed by atoms with Gasteiger partial charge in [-0.1, -0.05) is 44.5 Å². The second kappa shape index (κ2) is 17.6. The van der Waals surface area contributed by atoms with Gasteiger partial charge in [-0.25, -0.2) is 4.98 Å². The third-order valence-electron chi connectivity index (χ3n) is 12.5. The summed E-state index contributed by atoms with van der Waals surface area (Å²) in [6.07, 6.45) is 5.76. The number of hydrogen-bond acceptors (Lipinski definition) is 2. The summed E-state index contributed by atoms with van der Waals surface area (Å²) in [4.78, 5) is 4.87. The third-order valence-corrected chi connectivity index (χ3v) is 21.1. The number of ether oxygens (including phenoxy) is 1. The number of nitrogens with zero attached hydrogens (tertiary/aromatic N) is 4. The van der Waals surface area contributed by atoms with E-state index in [0.717, 1.165) is 50.0 Å². The number of rotatable bonds is 9. The number of fused-ring (bicyclic) bond motifs is 4. The SMILES string of the molecule is CC(C)(C)c1ccnc(-n2c3[c-]c(Oc4[c-]c(-n5[c-][n+](-c6c(-c7ccc[c]([Ge]([CH3])([CH3])[CH3])c7)cccc6-c6ccc[c]([Ge]([CH3])([CH3])[CH3])c6)c6ccccc65)ccc4)ccc3c3ccccc32)c1.[Pt]. The van der Waals surface area contributed by atoms with Crippen molar-refractivity contribution in [1.82, 2.24) is 14.1 Å². The molecule has 66 heavy (non-hydrogen) atoms. The van der Waals surface area contributed by atoms with Gasteiger partial charge in [0.25, 0.3) is 0 Å². The Morgan fingerprint density at radius 2 is 1.18 bits per heavy atom. The Labute approximate surface area is 409 Å². The molecule has 0 atom stereocenters. The van der Waals surface area contributed by atoms with Gasteiger partial charge in [0.15, 0.2) is 0 Å². The summed E-state index contributed by atoms with van der Waals surface area (Å²) in [6, 6.07) is 64.0. The zero-order chi connectivity index (χ0) is 45.3. The first-order chi connectivity index (χ1) is 31.1. The molecule has 0 aliphatic heterocycles. The summed E-state index contributed by atoms with van der Waals surface area (Å²) in [7, 11) is 0. The van der Waals surface area contributed by atoms with Crippen LogP contribution in [0, 0.1) is 18.5 Å². The van der Waals surface area contributed by atoms with Crippen LogP contribution in [0.1, 0.15) is 26.3 Å². The fourth-order valence-corrected chi connectivity index (χ4v) is 13.9. The van der Waals surface area contributed by atoms with Gasteiger partial charge in [-0.2, -0.15) is 6.07 Å². The van der Waals surface area contributed by atoms with Crippen LogP contribution in [0.5, 0.6) is 11.5 Å². The Balaban J connectivity index is 0.00000548. The first-order valence-corrected chi connectivity index (χ1v) is 37.2. The van der Waals surface area contributed by atoms with E-state index in [-0.39, 0.29) is 26.5 Å². The van der Waals surface area contributed by atoms with E-state index in [9.17, 15) is 0 Å². The first kappa shape index (κ1) is 45.7. The van der Waals surface area contributed by atoms with E-state index >= 15 is 0 Å². The minimum atomic E-state index is -2.16. The van der Waals surface area contributed by atoms with Gasteiger partial charge in [0.05, 0.1) is 0 Å². The Morgan fingerprint density at radius 1 is 0.576 bits per heavy atom. The molecule has 0 bridgehead atoms. The third kappa shape index (κ3) is 8.67. The van der Waals surface area contributed by atoms with Gasteiger partial charge in [0.1, 0.15) is 5.82 Å². The van der Waals surface area contributed by atoms with Gasteiger partial charge in [-0.3, -0.25) is 0 Å². The van der Waals surface area contributed by atoms with Crippen molar-refractivity contribution in [3.05, 3.63) is 188 Å². The van der Waals surface area contributed by atoms with Crippen molar-refractivity contribution in [2.24, 2.45) is 0 Å². The molecule has 8 heteroatoms. The van der Waals surface area contributed by atoms with E-state index in [4.69, 9.17) is 9.72 Å². The summed E-state index contributed by atoms with van der Waals surface area (Å²) in [5.41, 5.74) is 11.9. The number of pyridine rings is 1. The molecule has 0 N–H and O–H groups in total. The molecule has 0 spiro atoms. The molecule has 0 saturated carbocycles.